The fourth-order valence-corrected chi connectivity index (χ4v) is 1.38. The summed E-state index contributed by atoms with van der Waals surface area (Å²) in [6, 6.07) is 0. The summed E-state index contributed by atoms with van der Waals surface area (Å²) in [5, 5.41) is 17.4. The molecule has 1 N–H and O–H groups in total. The predicted octanol–water partition coefficient (Wildman–Crippen LogP) is 1.17. The zero-order valence-corrected chi connectivity index (χ0v) is 11.6. The SMILES string of the molecule is Cc1c(C(=O)OCC(C)C)nnn1CC(C)(C)O. The van der Waals surface area contributed by atoms with Gasteiger partial charge in [-0.1, -0.05) is 19.1 Å². The Hall–Kier alpha value is -1.43. The van der Waals surface area contributed by atoms with Crippen LogP contribution in [0.4, 0.5) is 0 Å². The predicted molar refractivity (Wildman–Crippen MR) is 66.2 cm³/mol. The van der Waals surface area contributed by atoms with Crippen molar-refractivity contribution in [3.8, 4) is 0 Å². The van der Waals surface area contributed by atoms with Gasteiger partial charge in [0.2, 0.25) is 0 Å². The van der Waals surface area contributed by atoms with Gasteiger partial charge in [-0.25, -0.2) is 9.48 Å². The maximum atomic E-state index is 11.7. The van der Waals surface area contributed by atoms with Gasteiger partial charge in [0.15, 0.2) is 5.69 Å². The van der Waals surface area contributed by atoms with Gasteiger partial charge in [-0.15, -0.1) is 5.10 Å². The van der Waals surface area contributed by atoms with Crippen molar-refractivity contribution in [2.45, 2.75) is 46.8 Å². The molecule has 1 aromatic heterocycles. The van der Waals surface area contributed by atoms with E-state index in [4.69, 9.17) is 4.74 Å². The monoisotopic (exact) mass is 255 g/mol. The van der Waals surface area contributed by atoms with Crippen LogP contribution in [-0.4, -0.2) is 38.3 Å². The van der Waals surface area contributed by atoms with Crippen molar-refractivity contribution in [3.05, 3.63) is 11.4 Å². The van der Waals surface area contributed by atoms with E-state index in [1.165, 1.54) is 4.68 Å². The van der Waals surface area contributed by atoms with E-state index in [0.717, 1.165) is 0 Å². The maximum absolute atomic E-state index is 11.7. The van der Waals surface area contributed by atoms with Crippen LogP contribution in [-0.2, 0) is 11.3 Å². The first-order chi connectivity index (χ1) is 8.20. The van der Waals surface area contributed by atoms with Gasteiger partial charge < -0.3 is 9.84 Å². The molecular formula is C12H21N3O3. The molecule has 0 aliphatic carbocycles. The van der Waals surface area contributed by atoms with Gasteiger partial charge >= 0.3 is 5.97 Å². The van der Waals surface area contributed by atoms with Crippen LogP contribution < -0.4 is 0 Å². The smallest absolute Gasteiger partial charge is 0.360 e. The third kappa shape index (κ3) is 4.10. The van der Waals surface area contributed by atoms with E-state index < -0.39 is 11.6 Å². The highest BCUT2D eigenvalue weighted by Crippen LogP contribution is 2.11. The Kier molecular flexibility index (Phi) is 4.45. The third-order valence-corrected chi connectivity index (χ3v) is 2.26. The first-order valence-corrected chi connectivity index (χ1v) is 6.00. The van der Waals surface area contributed by atoms with Crippen LogP contribution in [0.15, 0.2) is 0 Å². The van der Waals surface area contributed by atoms with E-state index in [1.807, 2.05) is 13.8 Å². The molecule has 0 amide bonds. The number of hydrogen-bond acceptors (Lipinski definition) is 5. The van der Waals surface area contributed by atoms with E-state index >= 15 is 0 Å². The number of ether oxygens (including phenoxy) is 1. The van der Waals surface area contributed by atoms with Crippen molar-refractivity contribution in [1.82, 2.24) is 15.0 Å². The lowest BCUT2D eigenvalue weighted by Crippen LogP contribution is -2.27. The Labute approximate surface area is 107 Å². The molecule has 6 heteroatoms. The van der Waals surface area contributed by atoms with E-state index in [9.17, 15) is 9.90 Å². The number of carbonyl (C=O) groups excluding carboxylic acids is 1. The van der Waals surface area contributed by atoms with Crippen LogP contribution in [0.3, 0.4) is 0 Å². The van der Waals surface area contributed by atoms with Crippen LogP contribution in [0.2, 0.25) is 0 Å². The molecule has 0 saturated heterocycles. The van der Waals surface area contributed by atoms with Gasteiger partial charge in [-0.05, 0) is 26.7 Å². The molecule has 0 saturated carbocycles. The Balaban J connectivity index is 2.77. The van der Waals surface area contributed by atoms with Gasteiger partial charge in [0.1, 0.15) is 0 Å². The third-order valence-electron chi connectivity index (χ3n) is 2.26. The Bertz CT molecular complexity index is 419. The molecule has 0 unspecified atom stereocenters. The standard InChI is InChI=1S/C12H21N3O3/c1-8(2)6-18-11(16)10-9(3)15(14-13-10)7-12(4,5)17/h8,17H,6-7H2,1-5H3. The first kappa shape index (κ1) is 14.6. The fourth-order valence-electron chi connectivity index (χ4n) is 1.38. The van der Waals surface area contributed by atoms with Gasteiger partial charge in [-0.3, -0.25) is 0 Å². The molecule has 0 aromatic carbocycles. The second kappa shape index (κ2) is 5.48. The molecule has 6 nitrogen and oxygen atoms in total. The zero-order chi connectivity index (χ0) is 13.9. The lowest BCUT2D eigenvalue weighted by Gasteiger charge is -2.17. The summed E-state index contributed by atoms with van der Waals surface area (Å²) in [6.45, 7) is 9.64. The molecule has 102 valence electrons. The second-order valence-corrected chi connectivity index (χ2v) is 5.49. The number of aliphatic hydroxyl groups is 1. The average Bonchev–Trinajstić information content (AvgIpc) is 2.55. The number of hydrogen-bond donors (Lipinski definition) is 1. The molecule has 0 bridgehead atoms. The highest BCUT2D eigenvalue weighted by molar-refractivity contribution is 5.88. The Morgan fingerprint density at radius 3 is 2.61 bits per heavy atom. The summed E-state index contributed by atoms with van der Waals surface area (Å²) < 4.78 is 6.60. The van der Waals surface area contributed by atoms with Crippen LogP contribution in [0.1, 0.15) is 43.9 Å². The van der Waals surface area contributed by atoms with E-state index in [0.29, 0.717) is 12.3 Å². The maximum Gasteiger partial charge on any atom is 0.360 e. The van der Waals surface area contributed by atoms with Crippen molar-refractivity contribution >= 4 is 5.97 Å². The molecule has 1 heterocycles. The van der Waals surface area contributed by atoms with Crippen molar-refractivity contribution in [2.75, 3.05) is 6.61 Å². The number of esters is 1. The summed E-state index contributed by atoms with van der Waals surface area (Å²) in [5.74, 6) is -0.191. The van der Waals surface area contributed by atoms with E-state index in [1.54, 1.807) is 20.8 Å². The van der Waals surface area contributed by atoms with Crippen molar-refractivity contribution in [3.63, 3.8) is 0 Å². The quantitative estimate of drug-likeness (QED) is 0.799. The van der Waals surface area contributed by atoms with Crippen LogP contribution in [0.5, 0.6) is 0 Å². The summed E-state index contributed by atoms with van der Waals surface area (Å²) in [6.07, 6.45) is 0. The molecular weight excluding hydrogens is 234 g/mol. The fraction of sp³-hybridized carbons (Fsp3) is 0.750. The minimum atomic E-state index is -0.905. The molecule has 0 radical (unpaired) electrons. The second-order valence-electron chi connectivity index (χ2n) is 5.49. The topological polar surface area (TPSA) is 77.2 Å². The lowest BCUT2D eigenvalue weighted by molar-refractivity contribution is 0.0448. The Morgan fingerprint density at radius 2 is 2.11 bits per heavy atom. The normalized spacial score (nSPS) is 11.9. The van der Waals surface area contributed by atoms with Gasteiger partial charge in [0, 0.05) is 0 Å². The van der Waals surface area contributed by atoms with Gasteiger partial charge in [0.05, 0.1) is 24.4 Å². The Morgan fingerprint density at radius 1 is 1.50 bits per heavy atom. The minimum absolute atomic E-state index is 0.208. The largest absolute Gasteiger partial charge is 0.461 e. The number of rotatable bonds is 5. The molecule has 1 rings (SSSR count). The number of nitrogens with zero attached hydrogens (tertiary/aromatic N) is 3. The van der Waals surface area contributed by atoms with Gasteiger partial charge in [-0.2, -0.15) is 0 Å². The molecule has 0 fully saturated rings. The van der Waals surface area contributed by atoms with Crippen LogP contribution in [0.25, 0.3) is 0 Å². The number of carbonyl (C=O) groups is 1. The van der Waals surface area contributed by atoms with Crippen molar-refractivity contribution in [2.24, 2.45) is 5.92 Å². The summed E-state index contributed by atoms with van der Waals surface area (Å²) >= 11 is 0. The zero-order valence-electron chi connectivity index (χ0n) is 11.6. The molecule has 0 atom stereocenters. The highest BCUT2D eigenvalue weighted by Gasteiger charge is 2.21. The van der Waals surface area contributed by atoms with E-state index in [-0.39, 0.29) is 18.2 Å². The molecule has 0 aliphatic heterocycles. The first-order valence-electron chi connectivity index (χ1n) is 6.00. The highest BCUT2D eigenvalue weighted by atomic mass is 16.5. The van der Waals surface area contributed by atoms with Crippen LogP contribution >= 0.6 is 0 Å². The molecule has 0 aliphatic rings. The summed E-state index contributed by atoms with van der Waals surface area (Å²) in [5.41, 5.74) is -0.0943. The average molecular weight is 255 g/mol. The van der Waals surface area contributed by atoms with Gasteiger partial charge in [0.25, 0.3) is 0 Å². The van der Waals surface area contributed by atoms with E-state index in [2.05, 4.69) is 10.3 Å². The van der Waals surface area contributed by atoms with Crippen molar-refractivity contribution < 1.29 is 14.6 Å². The lowest BCUT2D eigenvalue weighted by atomic mass is 10.1. The summed E-state index contributed by atoms with van der Waals surface area (Å²) in [7, 11) is 0. The number of aromatic nitrogens is 3. The molecule has 18 heavy (non-hydrogen) atoms. The summed E-state index contributed by atoms with van der Waals surface area (Å²) in [4.78, 5) is 11.7. The van der Waals surface area contributed by atoms with Crippen LogP contribution in [0, 0.1) is 12.8 Å². The molecule has 1 aromatic rings. The molecule has 0 spiro atoms. The van der Waals surface area contributed by atoms with Crippen molar-refractivity contribution in [1.29, 1.82) is 0 Å². The minimum Gasteiger partial charge on any atom is -0.461 e.